The van der Waals surface area contributed by atoms with Crippen molar-refractivity contribution in [3.8, 4) is 23.3 Å². The first-order chi connectivity index (χ1) is 17.6. The molecular formula is C30H26N2O4. The minimum absolute atomic E-state index is 0.0244. The Hall–Kier alpha value is -4.76. The van der Waals surface area contributed by atoms with Crippen LogP contribution < -0.4 is 19.5 Å². The van der Waals surface area contributed by atoms with Gasteiger partial charge in [0, 0.05) is 23.7 Å². The molecule has 0 spiro atoms. The normalized spacial score (nSPS) is 11.0. The number of ether oxygens (including phenoxy) is 3. The molecule has 0 radical (unpaired) electrons. The molecule has 4 aromatic rings. The summed E-state index contributed by atoms with van der Waals surface area (Å²) in [5, 5.41) is 14.7. The summed E-state index contributed by atoms with van der Waals surface area (Å²) in [4.78, 5) is 12.8. The van der Waals surface area contributed by atoms with Crippen LogP contribution in [-0.2, 0) is 17.9 Å². The van der Waals surface area contributed by atoms with Gasteiger partial charge in [-0.3, -0.25) is 4.79 Å². The summed E-state index contributed by atoms with van der Waals surface area (Å²) in [6, 6.07) is 28.9. The van der Waals surface area contributed by atoms with Crippen LogP contribution in [0.25, 0.3) is 16.8 Å². The number of para-hydroxylation sites is 1. The van der Waals surface area contributed by atoms with Crippen LogP contribution in [0.2, 0.25) is 0 Å². The van der Waals surface area contributed by atoms with Crippen LogP contribution >= 0.6 is 0 Å². The fourth-order valence-corrected chi connectivity index (χ4v) is 3.88. The molecule has 0 aliphatic rings. The average molecular weight is 479 g/mol. The molecular weight excluding hydrogens is 452 g/mol. The molecule has 0 aliphatic heterocycles. The van der Waals surface area contributed by atoms with E-state index in [9.17, 15) is 10.1 Å². The molecule has 6 nitrogen and oxygen atoms in total. The van der Waals surface area contributed by atoms with E-state index in [-0.39, 0.29) is 12.1 Å². The lowest BCUT2D eigenvalue weighted by atomic mass is 10.1. The van der Waals surface area contributed by atoms with Crippen LogP contribution in [-0.4, -0.2) is 20.1 Å². The number of methoxy groups -OCH3 is 2. The highest BCUT2D eigenvalue weighted by molar-refractivity contribution is 6.02. The molecule has 4 aromatic carbocycles. The molecule has 1 amide bonds. The van der Waals surface area contributed by atoms with Crippen molar-refractivity contribution in [2.75, 3.05) is 14.2 Å². The number of hydrogen-bond donors (Lipinski definition) is 1. The minimum Gasteiger partial charge on any atom is -0.497 e. The molecule has 0 saturated heterocycles. The topological polar surface area (TPSA) is 80.6 Å². The maximum atomic E-state index is 12.8. The Kier molecular flexibility index (Phi) is 7.84. The highest BCUT2D eigenvalue weighted by Gasteiger charge is 2.13. The van der Waals surface area contributed by atoms with Crippen LogP contribution in [0, 0.1) is 11.3 Å². The standard InChI is InChI=1S/C30H26N2O4/c1-34-26-15-14-23(29(17-26)35-2)19-32-30(33)25(18-31)16-22-9-4-6-13-28(22)36-20-24-11-7-10-21-8-3-5-12-27(21)24/h3-17H,19-20H2,1-2H3,(H,32,33)/b25-16+. The van der Waals surface area contributed by atoms with Crippen molar-refractivity contribution in [2.45, 2.75) is 13.2 Å². The maximum absolute atomic E-state index is 12.8. The number of nitrogens with zero attached hydrogens (tertiary/aromatic N) is 1. The zero-order valence-electron chi connectivity index (χ0n) is 20.2. The predicted octanol–water partition coefficient (Wildman–Crippen LogP) is 5.66. The molecule has 0 bridgehead atoms. The van der Waals surface area contributed by atoms with E-state index >= 15 is 0 Å². The summed E-state index contributed by atoms with van der Waals surface area (Å²) >= 11 is 0. The molecule has 0 unspecified atom stereocenters. The maximum Gasteiger partial charge on any atom is 0.262 e. The summed E-state index contributed by atoms with van der Waals surface area (Å²) in [6.07, 6.45) is 1.54. The number of benzene rings is 4. The third kappa shape index (κ3) is 5.65. The Bertz CT molecular complexity index is 1450. The molecule has 0 heterocycles. The van der Waals surface area contributed by atoms with Crippen LogP contribution in [0.1, 0.15) is 16.7 Å². The first-order valence-corrected chi connectivity index (χ1v) is 11.4. The first-order valence-electron chi connectivity index (χ1n) is 11.4. The van der Waals surface area contributed by atoms with E-state index in [0.29, 0.717) is 29.4 Å². The van der Waals surface area contributed by atoms with Gasteiger partial charge in [0.1, 0.15) is 35.5 Å². The van der Waals surface area contributed by atoms with Gasteiger partial charge in [-0.1, -0.05) is 60.7 Å². The van der Waals surface area contributed by atoms with Crippen molar-refractivity contribution >= 4 is 22.8 Å². The van der Waals surface area contributed by atoms with Gasteiger partial charge in [-0.2, -0.15) is 5.26 Å². The largest absolute Gasteiger partial charge is 0.497 e. The Labute approximate surface area is 210 Å². The number of hydrogen-bond acceptors (Lipinski definition) is 5. The van der Waals surface area contributed by atoms with E-state index in [2.05, 4.69) is 23.5 Å². The molecule has 1 N–H and O–H groups in total. The van der Waals surface area contributed by atoms with Crippen molar-refractivity contribution < 1.29 is 19.0 Å². The number of fused-ring (bicyclic) bond motifs is 1. The van der Waals surface area contributed by atoms with Crippen molar-refractivity contribution in [1.82, 2.24) is 5.32 Å². The van der Waals surface area contributed by atoms with Gasteiger partial charge in [-0.05, 0) is 40.6 Å². The number of amides is 1. The van der Waals surface area contributed by atoms with E-state index in [1.54, 1.807) is 32.4 Å². The van der Waals surface area contributed by atoms with E-state index in [1.165, 1.54) is 0 Å². The Morgan fingerprint density at radius 3 is 2.47 bits per heavy atom. The van der Waals surface area contributed by atoms with Crippen molar-refractivity contribution in [3.05, 3.63) is 107 Å². The van der Waals surface area contributed by atoms with E-state index < -0.39 is 5.91 Å². The lowest BCUT2D eigenvalue weighted by Crippen LogP contribution is -2.24. The number of nitrogens with one attached hydrogen (secondary N) is 1. The van der Waals surface area contributed by atoms with E-state index in [0.717, 1.165) is 21.9 Å². The summed E-state index contributed by atoms with van der Waals surface area (Å²) in [5.74, 6) is 1.34. The smallest absolute Gasteiger partial charge is 0.262 e. The van der Waals surface area contributed by atoms with Gasteiger partial charge < -0.3 is 19.5 Å². The fourth-order valence-electron chi connectivity index (χ4n) is 3.88. The second-order valence-electron chi connectivity index (χ2n) is 8.00. The van der Waals surface area contributed by atoms with Gasteiger partial charge in [0.15, 0.2) is 0 Å². The van der Waals surface area contributed by atoms with Crippen LogP contribution in [0.5, 0.6) is 17.2 Å². The van der Waals surface area contributed by atoms with Gasteiger partial charge in [-0.15, -0.1) is 0 Å². The Morgan fingerprint density at radius 1 is 0.889 bits per heavy atom. The molecule has 0 aromatic heterocycles. The van der Waals surface area contributed by atoms with Crippen molar-refractivity contribution in [3.63, 3.8) is 0 Å². The van der Waals surface area contributed by atoms with Crippen molar-refractivity contribution in [2.24, 2.45) is 0 Å². The fraction of sp³-hybridized carbons (Fsp3) is 0.133. The molecule has 0 fully saturated rings. The lowest BCUT2D eigenvalue weighted by Gasteiger charge is -2.12. The van der Waals surface area contributed by atoms with Gasteiger partial charge >= 0.3 is 0 Å². The first kappa shape index (κ1) is 24.4. The summed E-state index contributed by atoms with van der Waals surface area (Å²) in [6.45, 7) is 0.557. The third-order valence-electron chi connectivity index (χ3n) is 5.78. The van der Waals surface area contributed by atoms with Gasteiger partial charge in [-0.25, -0.2) is 0 Å². The van der Waals surface area contributed by atoms with E-state index in [4.69, 9.17) is 14.2 Å². The van der Waals surface area contributed by atoms with Crippen LogP contribution in [0.3, 0.4) is 0 Å². The molecule has 0 saturated carbocycles. The predicted molar refractivity (Wildman–Crippen MR) is 140 cm³/mol. The molecule has 180 valence electrons. The SMILES string of the molecule is COc1ccc(CNC(=O)/C(C#N)=C/c2ccccc2OCc2cccc3ccccc23)c(OC)c1. The quantitative estimate of drug-likeness (QED) is 0.248. The third-order valence-corrected chi connectivity index (χ3v) is 5.78. The average Bonchev–Trinajstić information content (AvgIpc) is 2.93. The molecule has 36 heavy (non-hydrogen) atoms. The monoisotopic (exact) mass is 478 g/mol. The van der Waals surface area contributed by atoms with Gasteiger partial charge in [0.25, 0.3) is 5.91 Å². The van der Waals surface area contributed by atoms with Crippen molar-refractivity contribution in [1.29, 1.82) is 5.26 Å². The van der Waals surface area contributed by atoms with Crippen LogP contribution in [0.4, 0.5) is 0 Å². The number of rotatable bonds is 9. The Morgan fingerprint density at radius 2 is 1.67 bits per heavy atom. The molecule has 0 aliphatic carbocycles. The zero-order valence-corrected chi connectivity index (χ0v) is 20.2. The second-order valence-corrected chi connectivity index (χ2v) is 8.00. The number of carbonyl (C=O) groups excluding carboxylic acids is 1. The molecule has 6 heteroatoms. The minimum atomic E-state index is -0.487. The lowest BCUT2D eigenvalue weighted by molar-refractivity contribution is -0.117. The molecule has 4 rings (SSSR count). The molecule has 0 atom stereocenters. The summed E-state index contributed by atoms with van der Waals surface area (Å²) < 4.78 is 16.7. The zero-order chi connectivity index (χ0) is 25.3. The number of carbonyl (C=O) groups is 1. The summed E-state index contributed by atoms with van der Waals surface area (Å²) in [5.41, 5.74) is 2.44. The van der Waals surface area contributed by atoms with E-state index in [1.807, 2.05) is 60.7 Å². The van der Waals surface area contributed by atoms with Crippen LogP contribution in [0.15, 0.2) is 90.5 Å². The highest BCUT2D eigenvalue weighted by Crippen LogP contribution is 2.26. The summed E-state index contributed by atoms with van der Waals surface area (Å²) in [7, 11) is 3.12. The van der Waals surface area contributed by atoms with Gasteiger partial charge in [0.05, 0.1) is 14.2 Å². The number of nitriles is 1. The van der Waals surface area contributed by atoms with Gasteiger partial charge in [0.2, 0.25) is 0 Å². The highest BCUT2D eigenvalue weighted by atomic mass is 16.5. The second kappa shape index (κ2) is 11.6. The Balaban J connectivity index is 1.49.